The SMILES string of the molecule is CC(C)C(C)[Si]1CCCCO1. The van der Waals surface area contributed by atoms with Crippen LogP contribution in [0.3, 0.4) is 0 Å². The van der Waals surface area contributed by atoms with Crippen molar-refractivity contribution in [1.82, 2.24) is 0 Å². The van der Waals surface area contributed by atoms with Crippen LogP contribution in [0.15, 0.2) is 0 Å². The maximum absolute atomic E-state index is 5.80. The van der Waals surface area contributed by atoms with Gasteiger partial charge in [-0.15, -0.1) is 0 Å². The highest BCUT2D eigenvalue weighted by Crippen LogP contribution is 2.27. The summed E-state index contributed by atoms with van der Waals surface area (Å²) in [5, 5.41) is 0. The van der Waals surface area contributed by atoms with Crippen LogP contribution in [0.25, 0.3) is 0 Å². The first kappa shape index (κ1) is 9.27. The first-order valence-corrected chi connectivity index (χ1v) is 6.39. The monoisotopic (exact) mass is 171 g/mol. The first-order valence-electron chi connectivity index (χ1n) is 4.70. The average molecular weight is 171 g/mol. The van der Waals surface area contributed by atoms with Crippen molar-refractivity contribution in [2.45, 2.75) is 45.2 Å². The van der Waals surface area contributed by atoms with Crippen LogP contribution in [-0.4, -0.2) is 15.6 Å². The molecular formula is C9H19OSi. The van der Waals surface area contributed by atoms with Gasteiger partial charge in [0, 0.05) is 6.61 Å². The van der Waals surface area contributed by atoms with E-state index in [1.54, 1.807) is 0 Å². The Morgan fingerprint density at radius 2 is 1.91 bits per heavy atom. The van der Waals surface area contributed by atoms with E-state index < -0.39 is 9.04 Å². The van der Waals surface area contributed by atoms with E-state index >= 15 is 0 Å². The molecule has 11 heavy (non-hydrogen) atoms. The molecule has 1 rings (SSSR count). The predicted molar refractivity (Wildman–Crippen MR) is 50.0 cm³/mol. The topological polar surface area (TPSA) is 9.23 Å². The predicted octanol–water partition coefficient (Wildman–Crippen LogP) is 2.83. The molecule has 0 spiro atoms. The Balaban J connectivity index is 2.32. The zero-order valence-corrected chi connectivity index (χ0v) is 8.89. The molecule has 1 aliphatic heterocycles. The van der Waals surface area contributed by atoms with Gasteiger partial charge in [-0.2, -0.15) is 0 Å². The third kappa shape index (κ3) is 2.60. The quantitative estimate of drug-likeness (QED) is 0.581. The van der Waals surface area contributed by atoms with Crippen molar-refractivity contribution in [2.24, 2.45) is 5.92 Å². The average Bonchev–Trinajstić information content (AvgIpc) is 2.05. The van der Waals surface area contributed by atoms with Crippen molar-refractivity contribution in [3.8, 4) is 0 Å². The summed E-state index contributed by atoms with van der Waals surface area (Å²) in [6.45, 7) is 8.00. The van der Waals surface area contributed by atoms with Gasteiger partial charge in [0.05, 0.1) is 0 Å². The molecule has 0 aromatic carbocycles. The van der Waals surface area contributed by atoms with Crippen LogP contribution in [-0.2, 0) is 4.43 Å². The molecule has 65 valence electrons. The molecule has 2 heteroatoms. The second-order valence-electron chi connectivity index (χ2n) is 3.80. The molecule has 1 radical (unpaired) electrons. The highest BCUT2D eigenvalue weighted by Gasteiger charge is 2.25. The Labute approximate surface area is 71.9 Å². The van der Waals surface area contributed by atoms with Crippen LogP contribution in [0.5, 0.6) is 0 Å². The summed E-state index contributed by atoms with van der Waals surface area (Å²) in [7, 11) is -0.425. The van der Waals surface area contributed by atoms with Crippen molar-refractivity contribution in [2.75, 3.05) is 6.61 Å². The summed E-state index contributed by atoms with van der Waals surface area (Å²) in [5.74, 6) is 0.807. The van der Waals surface area contributed by atoms with Crippen molar-refractivity contribution >= 4 is 9.04 Å². The van der Waals surface area contributed by atoms with E-state index in [-0.39, 0.29) is 0 Å². The van der Waals surface area contributed by atoms with Gasteiger partial charge in [-0.05, 0) is 23.9 Å². The van der Waals surface area contributed by atoms with Crippen LogP contribution in [0.2, 0.25) is 11.6 Å². The molecule has 0 bridgehead atoms. The Kier molecular flexibility index (Phi) is 3.59. The van der Waals surface area contributed by atoms with Crippen LogP contribution in [0.4, 0.5) is 0 Å². The Hall–Kier alpha value is 0.177. The van der Waals surface area contributed by atoms with Crippen molar-refractivity contribution in [3.63, 3.8) is 0 Å². The molecule has 1 atom stereocenters. The zero-order valence-electron chi connectivity index (χ0n) is 7.89. The van der Waals surface area contributed by atoms with E-state index in [9.17, 15) is 0 Å². The van der Waals surface area contributed by atoms with E-state index in [1.807, 2.05) is 0 Å². The van der Waals surface area contributed by atoms with E-state index in [0.717, 1.165) is 18.1 Å². The second-order valence-corrected chi connectivity index (χ2v) is 6.44. The van der Waals surface area contributed by atoms with Gasteiger partial charge >= 0.3 is 0 Å². The molecule has 0 N–H and O–H groups in total. The van der Waals surface area contributed by atoms with Crippen molar-refractivity contribution in [1.29, 1.82) is 0 Å². The van der Waals surface area contributed by atoms with Crippen LogP contribution < -0.4 is 0 Å². The highest BCUT2D eigenvalue weighted by atomic mass is 28.3. The van der Waals surface area contributed by atoms with Crippen LogP contribution in [0.1, 0.15) is 33.6 Å². The second kappa shape index (κ2) is 4.26. The van der Waals surface area contributed by atoms with Gasteiger partial charge in [-0.3, -0.25) is 0 Å². The highest BCUT2D eigenvalue weighted by molar-refractivity contribution is 6.53. The third-order valence-electron chi connectivity index (χ3n) is 2.61. The molecule has 0 saturated carbocycles. The molecule has 1 nitrogen and oxygen atoms in total. The number of rotatable bonds is 2. The van der Waals surface area contributed by atoms with E-state index in [2.05, 4.69) is 20.8 Å². The third-order valence-corrected chi connectivity index (χ3v) is 5.72. The van der Waals surface area contributed by atoms with Gasteiger partial charge in [-0.1, -0.05) is 27.2 Å². The van der Waals surface area contributed by atoms with Gasteiger partial charge in [-0.25, -0.2) is 0 Å². The molecule has 0 aromatic heterocycles. The van der Waals surface area contributed by atoms with Gasteiger partial charge in [0.2, 0.25) is 9.04 Å². The molecule has 0 amide bonds. The Bertz CT molecular complexity index is 108. The summed E-state index contributed by atoms with van der Waals surface area (Å²) in [5.41, 5.74) is 0.834. The standard InChI is InChI=1S/C9H19OSi/c1-8(2)9(3)11-7-5-4-6-10-11/h8-9H,4-7H2,1-3H3. The maximum Gasteiger partial charge on any atom is 0.214 e. The maximum atomic E-state index is 5.80. The Morgan fingerprint density at radius 1 is 1.18 bits per heavy atom. The first-order chi connectivity index (χ1) is 5.22. The van der Waals surface area contributed by atoms with E-state index in [4.69, 9.17) is 4.43 Å². The molecule has 1 unspecified atom stereocenters. The Morgan fingerprint density at radius 3 is 2.36 bits per heavy atom. The lowest BCUT2D eigenvalue weighted by atomic mass is 10.1. The van der Waals surface area contributed by atoms with Gasteiger partial charge in [0.1, 0.15) is 0 Å². The number of hydrogen-bond acceptors (Lipinski definition) is 1. The van der Waals surface area contributed by atoms with Crippen LogP contribution >= 0.6 is 0 Å². The lowest BCUT2D eigenvalue weighted by molar-refractivity contribution is 0.274. The van der Waals surface area contributed by atoms with Gasteiger partial charge in [0.15, 0.2) is 0 Å². The lowest BCUT2D eigenvalue weighted by Gasteiger charge is -2.27. The van der Waals surface area contributed by atoms with E-state index in [1.165, 1.54) is 18.9 Å². The van der Waals surface area contributed by atoms with Gasteiger partial charge < -0.3 is 4.43 Å². The fourth-order valence-electron chi connectivity index (χ4n) is 1.41. The molecule has 0 aliphatic carbocycles. The lowest BCUT2D eigenvalue weighted by Crippen LogP contribution is -2.29. The molecule has 1 heterocycles. The fraction of sp³-hybridized carbons (Fsp3) is 1.00. The fourth-order valence-corrected chi connectivity index (χ4v) is 4.02. The summed E-state index contributed by atoms with van der Waals surface area (Å²) in [4.78, 5) is 0. The molecule has 1 saturated heterocycles. The summed E-state index contributed by atoms with van der Waals surface area (Å²) < 4.78 is 5.80. The minimum atomic E-state index is -0.425. The molecule has 0 aromatic rings. The summed E-state index contributed by atoms with van der Waals surface area (Å²) in [6, 6.07) is 1.38. The number of hydrogen-bond donors (Lipinski definition) is 0. The largest absolute Gasteiger partial charge is 0.416 e. The van der Waals surface area contributed by atoms with Gasteiger partial charge in [0.25, 0.3) is 0 Å². The van der Waals surface area contributed by atoms with Crippen LogP contribution in [0, 0.1) is 5.92 Å². The summed E-state index contributed by atoms with van der Waals surface area (Å²) in [6.07, 6.45) is 2.70. The minimum absolute atomic E-state index is 0.425. The molecule has 1 fully saturated rings. The smallest absolute Gasteiger partial charge is 0.214 e. The molecular weight excluding hydrogens is 152 g/mol. The van der Waals surface area contributed by atoms with Crippen molar-refractivity contribution < 1.29 is 4.43 Å². The zero-order chi connectivity index (χ0) is 8.27. The minimum Gasteiger partial charge on any atom is -0.416 e. The summed E-state index contributed by atoms with van der Waals surface area (Å²) >= 11 is 0. The normalized spacial score (nSPS) is 24.0. The van der Waals surface area contributed by atoms with Crippen molar-refractivity contribution in [3.05, 3.63) is 0 Å². The molecule has 1 aliphatic rings. The van der Waals surface area contributed by atoms with E-state index in [0.29, 0.717) is 0 Å².